The van der Waals surface area contributed by atoms with Gasteiger partial charge >= 0.3 is 0 Å². The third-order valence-electron chi connectivity index (χ3n) is 5.66. The average Bonchev–Trinajstić information content (AvgIpc) is 3.43. The summed E-state index contributed by atoms with van der Waals surface area (Å²) in [6.45, 7) is 4.15. The van der Waals surface area contributed by atoms with Gasteiger partial charge in [0.05, 0.1) is 17.8 Å². The number of likely N-dealkylation sites (tertiary alicyclic amines) is 1. The van der Waals surface area contributed by atoms with E-state index in [0.29, 0.717) is 18.0 Å². The molecule has 5 rings (SSSR count). The van der Waals surface area contributed by atoms with Crippen LogP contribution in [0, 0.1) is 0 Å². The molecular formula is C24H26N4O2. The molecule has 2 aromatic heterocycles. The lowest BCUT2D eigenvalue weighted by atomic mass is 10.1. The Hall–Kier alpha value is -3.25. The minimum Gasteiger partial charge on any atom is -0.491 e. The van der Waals surface area contributed by atoms with Gasteiger partial charge in [-0.2, -0.15) is 0 Å². The smallest absolute Gasteiger partial charge is 0.144 e. The van der Waals surface area contributed by atoms with Crippen LogP contribution in [0.15, 0.2) is 54.9 Å². The molecule has 4 aromatic rings. The molecule has 6 nitrogen and oxygen atoms in total. The number of aromatic nitrogens is 2. The number of nitrogens with zero attached hydrogens (tertiary/aromatic N) is 2. The van der Waals surface area contributed by atoms with E-state index in [1.807, 2.05) is 48.7 Å². The van der Waals surface area contributed by atoms with Gasteiger partial charge in [0.2, 0.25) is 0 Å². The highest BCUT2D eigenvalue weighted by Crippen LogP contribution is 2.35. The largest absolute Gasteiger partial charge is 0.491 e. The topological polar surface area (TPSA) is 76.4 Å². The van der Waals surface area contributed by atoms with E-state index in [1.165, 1.54) is 25.9 Å². The van der Waals surface area contributed by atoms with Gasteiger partial charge in [-0.25, -0.2) is 0 Å². The van der Waals surface area contributed by atoms with E-state index in [9.17, 15) is 0 Å². The highest BCUT2D eigenvalue weighted by Gasteiger charge is 2.12. The number of hydrogen-bond donors (Lipinski definition) is 2. The Kier molecular flexibility index (Phi) is 5.15. The Bertz CT molecular complexity index is 1160. The van der Waals surface area contributed by atoms with Crippen LogP contribution in [0.25, 0.3) is 21.8 Å². The molecule has 154 valence electrons. The second kappa shape index (κ2) is 8.24. The van der Waals surface area contributed by atoms with Crippen LogP contribution in [0.1, 0.15) is 19.3 Å². The molecule has 0 radical (unpaired) electrons. The van der Waals surface area contributed by atoms with Crippen molar-refractivity contribution in [2.45, 2.75) is 19.3 Å². The molecule has 1 aliphatic heterocycles. The Balaban J connectivity index is 1.32. The van der Waals surface area contributed by atoms with Crippen molar-refractivity contribution >= 4 is 27.5 Å². The molecule has 3 N–H and O–H groups in total. The maximum atomic E-state index is 6.29. The summed E-state index contributed by atoms with van der Waals surface area (Å²) in [4.78, 5) is 10.2. The Labute approximate surface area is 175 Å². The number of anilines is 1. The van der Waals surface area contributed by atoms with Crippen LogP contribution in [0.2, 0.25) is 0 Å². The lowest BCUT2D eigenvalue weighted by molar-refractivity contribution is 0.264. The van der Waals surface area contributed by atoms with Crippen molar-refractivity contribution in [2.24, 2.45) is 0 Å². The van der Waals surface area contributed by atoms with Gasteiger partial charge in [-0.05, 0) is 68.8 Å². The van der Waals surface area contributed by atoms with Crippen LogP contribution >= 0.6 is 0 Å². The molecule has 1 fully saturated rings. The van der Waals surface area contributed by atoms with Crippen molar-refractivity contribution in [3.63, 3.8) is 0 Å². The minimum absolute atomic E-state index is 0.600. The summed E-state index contributed by atoms with van der Waals surface area (Å²) in [7, 11) is 0. The van der Waals surface area contributed by atoms with Crippen molar-refractivity contribution in [3.05, 3.63) is 54.9 Å². The Morgan fingerprint density at radius 3 is 2.83 bits per heavy atom. The molecule has 0 unspecified atom stereocenters. The lowest BCUT2D eigenvalue weighted by Gasteiger charge is -2.15. The van der Waals surface area contributed by atoms with Crippen LogP contribution in [0.3, 0.4) is 0 Å². The van der Waals surface area contributed by atoms with Crippen molar-refractivity contribution in [3.8, 4) is 17.2 Å². The summed E-state index contributed by atoms with van der Waals surface area (Å²) in [5, 5.41) is 1.98. The van der Waals surface area contributed by atoms with Gasteiger partial charge in [0.1, 0.15) is 17.2 Å². The number of pyridine rings is 1. The maximum absolute atomic E-state index is 6.29. The predicted octanol–water partition coefficient (Wildman–Crippen LogP) is 4.96. The number of rotatable bonds is 7. The second-order valence-corrected chi connectivity index (χ2v) is 7.80. The molecule has 3 heterocycles. The summed E-state index contributed by atoms with van der Waals surface area (Å²) in [6.07, 6.45) is 7.29. The fraction of sp³-hybridized carbons (Fsp3) is 0.292. The fourth-order valence-corrected chi connectivity index (χ4v) is 4.08. The van der Waals surface area contributed by atoms with Gasteiger partial charge < -0.3 is 25.1 Å². The molecule has 1 saturated heterocycles. The molecule has 2 aromatic carbocycles. The first-order chi connectivity index (χ1) is 14.8. The van der Waals surface area contributed by atoms with Crippen LogP contribution in [-0.4, -0.2) is 41.1 Å². The summed E-state index contributed by atoms with van der Waals surface area (Å²) in [5.41, 5.74) is 8.78. The number of ether oxygens (including phenoxy) is 2. The van der Waals surface area contributed by atoms with E-state index in [4.69, 9.17) is 15.2 Å². The summed E-state index contributed by atoms with van der Waals surface area (Å²) in [6, 6.07) is 13.7. The highest BCUT2D eigenvalue weighted by atomic mass is 16.5. The number of fused-ring (bicyclic) bond motifs is 2. The minimum atomic E-state index is 0.600. The van der Waals surface area contributed by atoms with E-state index >= 15 is 0 Å². The zero-order valence-electron chi connectivity index (χ0n) is 16.9. The number of nitrogen functional groups attached to an aromatic ring is 1. The van der Waals surface area contributed by atoms with Gasteiger partial charge in [-0.1, -0.05) is 0 Å². The number of aromatic amines is 1. The molecule has 0 bridgehead atoms. The first-order valence-electron chi connectivity index (χ1n) is 10.5. The van der Waals surface area contributed by atoms with Gasteiger partial charge in [-0.3, -0.25) is 4.98 Å². The van der Waals surface area contributed by atoms with Gasteiger partial charge in [0.25, 0.3) is 0 Å². The number of benzene rings is 2. The molecule has 0 aliphatic carbocycles. The third-order valence-corrected chi connectivity index (χ3v) is 5.66. The number of H-pyrrole nitrogens is 1. The first-order valence-corrected chi connectivity index (χ1v) is 10.5. The number of nitrogens with one attached hydrogen (secondary N) is 1. The maximum Gasteiger partial charge on any atom is 0.144 e. The van der Waals surface area contributed by atoms with Gasteiger partial charge in [-0.15, -0.1) is 0 Å². The van der Waals surface area contributed by atoms with Crippen molar-refractivity contribution in [2.75, 3.05) is 32.0 Å². The Morgan fingerprint density at radius 2 is 1.93 bits per heavy atom. The molecular weight excluding hydrogens is 376 g/mol. The zero-order valence-corrected chi connectivity index (χ0v) is 16.9. The Morgan fingerprint density at radius 1 is 1.03 bits per heavy atom. The summed E-state index contributed by atoms with van der Waals surface area (Å²) < 4.78 is 12.1. The monoisotopic (exact) mass is 402 g/mol. The SMILES string of the molecule is Nc1cc2c(Oc3ccc4[nH]ccc4c3)ccnc2cc1OCCCN1CCCC1. The number of hydrogen-bond acceptors (Lipinski definition) is 5. The van der Waals surface area contributed by atoms with E-state index in [2.05, 4.69) is 14.9 Å². The van der Waals surface area contributed by atoms with Gasteiger partial charge in [0.15, 0.2) is 0 Å². The average molecular weight is 402 g/mol. The van der Waals surface area contributed by atoms with Crippen molar-refractivity contribution in [1.29, 1.82) is 0 Å². The fourth-order valence-electron chi connectivity index (χ4n) is 4.08. The van der Waals surface area contributed by atoms with Crippen LogP contribution in [0.4, 0.5) is 5.69 Å². The first kappa shape index (κ1) is 18.8. The summed E-state index contributed by atoms with van der Waals surface area (Å²) >= 11 is 0. The summed E-state index contributed by atoms with van der Waals surface area (Å²) in [5.74, 6) is 2.18. The normalized spacial score (nSPS) is 14.5. The van der Waals surface area contributed by atoms with E-state index < -0.39 is 0 Å². The van der Waals surface area contributed by atoms with E-state index in [-0.39, 0.29) is 0 Å². The molecule has 0 spiro atoms. The molecule has 0 amide bonds. The molecule has 0 atom stereocenters. The highest BCUT2D eigenvalue weighted by molar-refractivity contribution is 5.90. The zero-order chi connectivity index (χ0) is 20.3. The molecule has 6 heteroatoms. The van der Waals surface area contributed by atoms with Gasteiger partial charge in [0, 0.05) is 41.3 Å². The lowest BCUT2D eigenvalue weighted by Crippen LogP contribution is -2.22. The quantitative estimate of drug-likeness (QED) is 0.338. The predicted molar refractivity (Wildman–Crippen MR) is 120 cm³/mol. The van der Waals surface area contributed by atoms with Crippen molar-refractivity contribution in [1.82, 2.24) is 14.9 Å². The number of nitrogens with two attached hydrogens (primary N) is 1. The van der Waals surface area contributed by atoms with Crippen LogP contribution < -0.4 is 15.2 Å². The third kappa shape index (κ3) is 3.91. The van der Waals surface area contributed by atoms with Crippen LogP contribution in [0.5, 0.6) is 17.2 Å². The van der Waals surface area contributed by atoms with Crippen LogP contribution in [-0.2, 0) is 0 Å². The van der Waals surface area contributed by atoms with E-state index in [0.717, 1.165) is 46.3 Å². The second-order valence-electron chi connectivity index (χ2n) is 7.80. The molecule has 30 heavy (non-hydrogen) atoms. The van der Waals surface area contributed by atoms with Crippen molar-refractivity contribution < 1.29 is 9.47 Å². The van der Waals surface area contributed by atoms with E-state index in [1.54, 1.807) is 6.20 Å². The molecule has 0 saturated carbocycles. The standard InChI is InChI=1S/C24H26N4O2/c25-20-15-19-22(16-24(20)29-13-3-12-28-10-1-2-11-28)27-9-7-23(19)30-18-4-5-21-17(14-18)6-8-26-21/h4-9,14-16,26H,1-3,10-13,25H2. The molecule has 1 aliphatic rings.